The van der Waals surface area contributed by atoms with Crippen LogP contribution in [0.3, 0.4) is 0 Å². The Labute approximate surface area is 125 Å². The van der Waals surface area contributed by atoms with Crippen LogP contribution in [0.25, 0.3) is 11.0 Å². The number of benzene rings is 1. The second-order valence-corrected chi connectivity index (χ2v) is 5.65. The average Bonchev–Trinajstić information content (AvgIpc) is 2.70. The molecule has 1 aliphatic heterocycles. The molecule has 1 fully saturated rings. The first-order chi connectivity index (χ1) is 10.3. The second-order valence-electron chi connectivity index (χ2n) is 5.65. The van der Waals surface area contributed by atoms with Crippen LogP contribution < -0.4 is 5.32 Å². The van der Waals surface area contributed by atoms with Gasteiger partial charge in [-0.3, -0.25) is 4.90 Å². The van der Waals surface area contributed by atoms with Gasteiger partial charge in [-0.05, 0) is 32.0 Å². The van der Waals surface area contributed by atoms with Crippen LogP contribution in [0.5, 0.6) is 0 Å². The van der Waals surface area contributed by atoms with Gasteiger partial charge in [0, 0.05) is 26.2 Å². The first kappa shape index (κ1) is 14.5. The minimum Gasteiger partial charge on any atom is -0.395 e. The lowest BCUT2D eigenvalue weighted by molar-refractivity contribution is 0.208. The molecule has 0 radical (unpaired) electrons. The number of aliphatic hydroxyl groups excluding tert-OH is 1. The number of hydrogen-bond acceptors (Lipinski definition) is 4. The Morgan fingerprint density at radius 2 is 2.14 bits per heavy atom. The number of aliphatic hydroxyl groups is 1. The van der Waals surface area contributed by atoms with Gasteiger partial charge in [-0.2, -0.15) is 0 Å². The second kappa shape index (κ2) is 6.56. The van der Waals surface area contributed by atoms with Crippen molar-refractivity contribution in [3.8, 4) is 0 Å². The Morgan fingerprint density at radius 1 is 1.29 bits per heavy atom. The Morgan fingerprint density at radius 3 is 3.00 bits per heavy atom. The van der Waals surface area contributed by atoms with Crippen molar-refractivity contribution < 1.29 is 5.11 Å². The third-order valence-electron chi connectivity index (χ3n) is 4.30. The van der Waals surface area contributed by atoms with Crippen LogP contribution in [0.2, 0.25) is 0 Å². The van der Waals surface area contributed by atoms with Crippen molar-refractivity contribution >= 4 is 11.0 Å². The molecule has 21 heavy (non-hydrogen) atoms. The lowest BCUT2D eigenvalue weighted by Crippen LogP contribution is -2.32. The van der Waals surface area contributed by atoms with Crippen LogP contribution in [0.1, 0.15) is 25.2 Å². The van der Waals surface area contributed by atoms with E-state index in [2.05, 4.69) is 27.8 Å². The summed E-state index contributed by atoms with van der Waals surface area (Å²) in [7, 11) is 0. The van der Waals surface area contributed by atoms with Crippen molar-refractivity contribution in [3.63, 3.8) is 0 Å². The fourth-order valence-corrected chi connectivity index (χ4v) is 3.17. The van der Waals surface area contributed by atoms with E-state index in [4.69, 9.17) is 4.98 Å². The molecule has 1 saturated heterocycles. The zero-order valence-corrected chi connectivity index (χ0v) is 12.6. The van der Waals surface area contributed by atoms with Gasteiger partial charge in [0.15, 0.2) is 0 Å². The van der Waals surface area contributed by atoms with Gasteiger partial charge in [0.05, 0.1) is 23.7 Å². The molecule has 0 bridgehead atoms. The molecule has 0 aliphatic carbocycles. The number of imidazole rings is 1. The Balaban J connectivity index is 1.95. The van der Waals surface area contributed by atoms with Gasteiger partial charge in [-0.1, -0.05) is 12.1 Å². The van der Waals surface area contributed by atoms with E-state index in [9.17, 15) is 5.11 Å². The van der Waals surface area contributed by atoms with E-state index >= 15 is 0 Å². The molecular weight excluding hydrogens is 264 g/mol. The predicted octanol–water partition coefficient (Wildman–Crippen LogP) is 1.38. The van der Waals surface area contributed by atoms with Crippen molar-refractivity contribution in [2.75, 3.05) is 32.8 Å². The standard InChI is InChI=1S/C16H24N4O/c1-13(19-9-4-7-17-8-10-19)16-18-14-5-2-3-6-15(14)20(16)11-12-21/h2-3,5-6,13,17,21H,4,7-12H2,1H3. The zero-order chi connectivity index (χ0) is 14.7. The quantitative estimate of drug-likeness (QED) is 0.892. The Bertz CT molecular complexity index is 587. The van der Waals surface area contributed by atoms with E-state index in [1.807, 2.05) is 18.2 Å². The summed E-state index contributed by atoms with van der Waals surface area (Å²) in [5, 5.41) is 12.8. The van der Waals surface area contributed by atoms with Crippen molar-refractivity contribution in [1.29, 1.82) is 0 Å². The van der Waals surface area contributed by atoms with Gasteiger partial charge in [0.2, 0.25) is 0 Å². The van der Waals surface area contributed by atoms with Gasteiger partial charge >= 0.3 is 0 Å². The molecule has 0 saturated carbocycles. The van der Waals surface area contributed by atoms with Crippen molar-refractivity contribution in [1.82, 2.24) is 19.8 Å². The maximum atomic E-state index is 9.39. The summed E-state index contributed by atoms with van der Waals surface area (Å²) < 4.78 is 2.16. The van der Waals surface area contributed by atoms with Crippen LogP contribution in [0.15, 0.2) is 24.3 Å². The van der Waals surface area contributed by atoms with Gasteiger partial charge in [0.25, 0.3) is 0 Å². The number of para-hydroxylation sites is 2. The van der Waals surface area contributed by atoms with Crippen LogP contribution in [-0.2, 0) is 6.54 Å². The molecule has 1 atom stereocenters. The number of aromatic nitrogens is 2. The minimum absolute atomic E-state index is 0.141. The monoisotopic (exact) mass is 288 g/mol. The van der Waals surface area contributed by atoms with Crippen molar-refractivity contribution in [2.45, 2.75) is 25.9 Å². The largest absolute Gasteiger partial charge is 0.395 e. The summed E-state index contributed by atoms with van der Waals surface area (Å²) in [6.07, 6.45) is 1.17. The highest BCUT2D eigenvalue weighted by atomic mass is 16.3. The smallest absolute Gasteiger partial charge is 0.127 e. The van der Waals surface area contributed by atoms with Crippen molar-refractivity contribution in [2.24, 2.45) is 0 Å². The number of rotatable bonds is 4. The first-order valence-electron chi connectivity index (χ1n) is 7.82. The summed E-state index contributed by atoms with van der Waals surface area (Å²) >= 11 is 0. The first-order valence-corrected chi connectivity index (χ1v) is 7.82. The number of nitrogens with zero attached hydrogens (tertiary/aromatic N) is 3. The molecule has 0 amide bonds. The summed E-state index contributed by atoms with van der Waals surface area (Å²) in [6, 6.07) is 8.44. The van der Waals surface area contributed by atoms with E-state index < -0.39 is 0 Å². The van der Waals surface area contributed by atoms with E-state index in [0.717, 1.165) is 43.0 Å². The third kappa shape index (κ3) is 2.95. The lowest BCUT2D eigenvalue weighted by atomic mass is 10.2. The average molecular weight is 288 g/mol. The van der Waals surface area contributed by atoms with E-state index in [1.54, 1.807) is 0 Å². The summed E-state index contributed by atoms with van der Waals surface area (Å²) in [5.74, 6) is 1.06. The highest BCUT2D eigenvalue weighted by molar-refractivity contribution is 5.76. The molecule has 3 rings (SSSR count). The summed E-state index contributed by atoms with van der Waals surface area (Å²) in [5.41, 5.74) is 2.13. The molecule has 0 spiro atoms. The van der Waals surface area contributed by atoms with E-state index in [1.165, 1.54) is 6.42 Å². The molecule has 2 N–H and O–H groups in total. The van der Waals surface area contributed by atoms with E-state index in [0.29, 0.717) is 6.54 Å². The predicted molar refractivity (Wildman–Crippen MR) is 84.3 cm³/mol. The molecule has 114 valence electrons. The zero-order valence-electron chi connectivity index (χ0n) is 12.6. The molecular formula is C16H24N4O. The number of nitrogens with one attached hydrogen (secondary N) is 1. The highest BCUT2D eigenvalue weighted by Crippen LogP contribution is 2.25. The Hall–Kier alpha value is -1.43. The number of hydrogen-bond donors (Lipinski definition) is 2. The summed E-state index contributed by atoms with van der Waals surface area (Å²) in [4.78, 5) is 7.31. The topological polar surface area (TPSA) is 53.3 Å². The molecule has 5 heteroatoms. The van der Waals surface area contributed by atoms with Gasteiger partial charge in [-0.15, -0.1) is 0 Å². The highest BCUT2D eigenvalue weighted by Gasteiger charge is 2.22. The third-order valence-corrected chi connectivity index (χ3v) is 4.30. The lowest BCUT2D eigenvalue weighted by Gasteiger charge is -2.27. The van der Waals surface area contributed by atoms with Crippen LogP contribution in [0, 0.1) is 0 Å². The molecule has 1 aromatic carbocycles. The molecule has 1 aromatic heterocycles. The summed E-state index contributed by atoms with van der Waals surface area (Å²) in [6.45, 7) is 7.23. The van der Waals surface area contributed by atoms with Gasteiger partial charge in [0.1, 0.15) is 5.82 Å². The number of fused-ring (bicyclic) bond motifs is 1. The van der Waals surface area contributed by atoms with Gasteiger partial charge < -0.3 is 15.0 Å². The molecule has 5 nitrogen and oxygen atoms in total. The molecule has 2 heterocycles. The SMILES string of the molecule is CC(c1nc2ccccc2n1CCO)N1CCCNCC1. The van der Waals surface area contributed by atoms with Crippen molar-refractivity contribution in [3.05, 3.63) is 30.1 Å². The maximum Gasteiger partial charge on any atom is 0.127 e. The molecule has 1 unspecified atom stereocenters. The Kier molecular flexibility index (Phi) is 4.53. The molecule has 2 aromatic rings. The van der Waals surface area contributed by atoms with E-state index in [-0.39, 0.29) is 12.6 Å². The van der Waals surface area contributed by atoms with Crippen LogP contribution in [-0.4, -0.2) is 52.3 Å². The normalized spacial score (nSPS) is 18.8. The minimum atomic E-state index is 0.141. The van der Waals surface area contributed by atoms with Crippen LogP contribution >= 0.6 is 0 Å². The maximum absolute atomic E-state index is 9.39. The fraction of sp³-hybridized carbons (Fsp3) is 0.562. The fourth-order valence-electron chi connectivity index (χ4n) is 3.17. The molecule has 1 aliphatic rings. The van der Waals surface area contributed by atoms with Crippen LogP contribution in [0.4, 0.5) is 0 Å². The van der Waals surface area contributed by atoms with Gasteiger partial charge in [-0.25, -0.2) is 4.98 Å².